The van der Waals surface area contributed by atoms with Crippen LogP contribution in [0.25, 0.3) is 0 Å². The molecule has 0 saturated carbocycles. The third kappa shape index (κ3) is 5.97. The Morgan fingerprint density at radius 1 is 0.885 bits per heavy atom. The molecule has 1 saturated heterocycles. The van der Waals surface area contributed by atoms with Crippen LogP contribution < -0.4 is 5.73 Å². The lowest BCUT2D eigenvalue weighted by molar-refractivity contribution is -0.134. The van der Waals surface area contributed by atoms with Gasteiger partial charge in [-0.3, -0.25) is 9.69 Å². The maximum Gasteiger partial charge on any atom is 0.239 e. The molecule has 2 aromatic rings. The average Bonchev–Trinajstić information content (AvgIpc) is 2.71. The molecule has 0 unspecified atom stereocenters. The van der Waals surface area contributed by atoms with Crippen LogP contribution in [0.4, 0.5) is 0 Å². The van der Waals surface area contributed by atoms with Crippen molar-refractivity contribution in [2.45, 2.75) is 32.9 Å². The van der Waals surface area contributed by atoms with Gasteiger partial charge in [-0.05, 0) is 17.5 Å². The number of hydrogen-bond donors (Lipinski definition) is 1. The largest absolute Gasteiger partial charge is 0.339 e. The zero-order valence-corrected chi connectivity index (χ0v) is 16.0. The summed E-state index contributed by atoms with van der Waals surface area (Å²) in [6.45, 7) is 8.26. The van der Waals surface area contributed by atoms with Crippen molar-refractivity contribution in [3.05, 3.63) is 71.8 Å². The molecule has 1 atom stereocenters. The Hall–Kier alpha value is -2.17. The normalized spacial score (nSPS) is 15.7. The van der Waals surface area contributed by atoms with Crippen LogP contribution in [-0.2, 0) is 17.8 Å². The standard InChI is InChI=1S/C20H25N3O.C2H6/c21-19(15-17-7-3-1-4-8-17)20(24)23-13-11-22(12-14-23)16-18-9-5-2-6-10-18;1-2/h1-10,19H,11-16,21H2;1-2H3/t19-;/m0./s1. The zero-order valence-electron chi connectivity index (χ0n) is 16.0. The van der Waals surface area contributed by atoms with Crippen LogP contribution in [-0.4, -0.2) is 47.9 Å². The fourth-order valence-corrected chi connectivity index (χ4v) is 3.16. The molecule has 3 rings (SSSR count). The van der Waals surface area contributed by atoms with Gasteiger partial charge in [-0.2, -0.15) is 0 Å². The first-order valence-electron chi connectivity index (χ1n) is 9.57. The van der Waals surface area contributed by atoms with E-state index >= 15 is 0 Å². The van der Waals surface area contributed by atoms with Crippen molar-refractivity contribution in [2.75, 3.05) is 26.2 Å². The Morgan fingerprint density at radius 2 is 1.38 bits per heavy atom. The Balaban J connectivity index is 0.00000117. The van der Waals surface area contributed by atoms with Crippen molar-refractivity contribution in [1.82, 2.24) is 9.80 Å². The Kier molecular flexibility index (Phi) is 8.32. The van der Waals surface area contributed by atoms with Gasteiger partial charge in [-0.15, -0.1) is 0 Å². The van der Waals surface area contributed by atoms with E-state index in [0.717, 1.165) is 38.3 Å². The minimum Gasteiger partial charge on any atom is -0.339 e. The molecular formula is C22H31N3O. The summed E-state index contributed by atoms with van der Waals surface area (Å²) in [4.78, 5) is 16.9. The van der Waals surface area contributed by atoms with Gasteiger partial charge in [0, 0.05) is 32.7 Å². The lowest BCUT2D eigenvalue weighted by atomic mass is 10.1. The van der Waals surface area contributed by atoms with Gasteiger partial charge in [0.1, 0.15) is 0 Å². The minimum absolute atomic E-state index is 0.0678. The molecule has 140 valence electrons. The molecular weight excluding hydrogens is 322 g/mol. The predicted octanol–water partition coefficient (Wildman–Crippen LogP) is 2.93. The smallest absolute Gasteiger partial charge is 0.239 e. The Morgan fingerprint density at radius 3 is 1.92 bits per heavy atom. The first-order chi connectivity index (χ1) is 12.7. The number of hydrogen-bond acceptors (Lipinski definition) is 3. The molecule has 26 heavy (non-hydrogen) atoms. The molecule has 0 radical (unpaired) electrons. The first kappa shape index (κ1) is 20.1. The topological polar surface area (TPSA) is 49.6 Å². The maximum absolute atomic E-state index is 12.5. The van der Waals surface area contributed by atoms with Crippen LogP contribution >= 0.6 is 0 Å². The third-order valence-electron chi connectivity index (χ3n) is 4.55. The van der Waals surface area contributed by atoms with E-state index < -0.39 is 6.04 Å². The molecule has 2 N–H and O–H groups in total. The highest BCUT2D eigenvalue weighted by molar-refractivity contribution is 5.82. The highest BCUT2D eigenvalue weighted by Gasteiger charge is 2.25. The summed E-state index contributed by atoms with van der Waals surface area (Å²) in [6.07, 6.45) is 0.601. The number of benzene rings is 2. The lowest BCUT2D eigenvalue weighted by Crippen LogP contribution is -2.53. The van der Waals surface area contributed by atoms with Gasteiger partial charge in [0.25, 0.3) is 0 Å². The van der Waals surface area contributed by atoms with Crippen LogP contribution in [0, 0.1) is 0 Å². The lowest BCUT2D eigenvalue weighted by Gasteiger charge is -2.36. The van der Waals surface area contributed by atoms with Gasteiger partial charge in [-0.25, -0.2) is 0 Å². The molecule has 1 aliphatic rings. The molecule has 1 amide bonds. The van der Waals surface area contributed by atoms with E-state index in [0.29, 0.717) is 6.42 Å². The fraction of sp³-hybridized carbons (Fsp3) is 0.409. The molecule has 1 heterocycles. The van der Waals surface area contributed by atoms with Crippen LogP contribution in [0.2, 0.25) is 0 Å². The number of amides is 1. The summed E-state index contributed by atoms with van der Waals surface area (Å²) < 4.78 is 0. The SMILES string of the molecule is CC.N[C@@H](Cc1ccccc1)C(=O)N1CCN(Cc2ccccc2)CC1. The predicted molar refractivity (Wildman–Crippen MR) is 108 cm³/mol. The highest BCUT2D eigenvalue weighted by Crippen LogP contribution is 2.10. The fourth-order valence-electron chi connectivity index (χ4n) is 3.16. The molecule has 0 aliphatic carbocycles. The molecule has 0 aromatic heterocycles. The molecule has 2 aromatic carbocycles. The van der Waals surface area contributed by atoms with Crippen molar-refractivity contribution >= 4 is 5.91 Å². The van der Waals surface area contributed by atoms with E-state index in [2.05, 4.69) is 29.2 Å². The third-order valence-corrected chi connectivity index (χ3v) is 4.55. The van der Waals surface area contributed by atoms with Gasteiger partial charge in [0.15, 0.2) is 0 Å². The summed E-state index contributed by atoms with van der Waals surface area (Å²) in [5.41, 5.74) is 8.56. The summed E-state index contributed by atoms with van der Waals surface area (Å²) in [5, 5.41) is 0. The quantitative estimate of drug-likeness (QED) is 0.899. The number of carbonyl (C=O) groups excluding carboxylic acids is 1. The van der Waals surface area contributed by atoms with Gasteiger partial charge in [-0.1, -0.05) is 74.5 Å². The van der Waals surface area contributed by atoms with Crippen molar-refractivity contribution in [1.29, 1.82) is 0 Å². The number of nitrogens with zero attached hydrogens (tertiary/aromatic N) is 2. The minimum atomic E-state index is -0.451. The van der Waals surface area contributed by atoms with Crippen LogP contribution in [0.3, 0.4) is 0 Å². The second-order valence-electron chi connectivity index (χ2n) is 6.38. The summed E-state index contributed by atoms with van der Waals surface area (Å²) in [6, 6.07) is 20.0. The van der Waals surface area contributed by atoms with Crippen molar-refractivity contribution in [3.63, 3.8) is 0 Å². The average molecular weight is 354 g/mol. The molecule has 4 nitrogen and oxygen atoms in total. The van der Waals surface area contributed by atoms with E-state index in [4.69, 9.17) is 5.73 Å². The Labute approximate surface area is 157 Å². The molecule has 0 bridgehead atoms. The number of carbonyl (C=O) groups is 1. The summed E-state index contributed by atoms with van der Waals surface area (Å²) >= 11 is 0. The van der Waals surface area contributed by atoms with Gasteiger partial charge < -0.3 is 10.6 Å². The maximum atomic E-state index is 12.5. The van der Waals surface area contributed by atoms with E-state index in [-0.39, 0.29) is 5.91 Å². The summed E-state index contributed by atoms with van der Waals surface area (Å²) in [7, 11) is 0. The first-order valence-corrected chi connectivity index (χ1v) is 9.57. The van der Waals surface area contributed by atoms with Gasteiger partial charge in [0.2, 0.25) is 5.91 Å². The zero-order chi connectivity index (χ0) is 18.8. The molecule has 1 fully saturated rings. The van der Waals surface area contributed by atoms with E-state index in [1.54, 1.807) is 0 Å². The van der Waals surface area contributed by atoms with Crippen LogP contribution in [0.15, 0.2) is 60.7 Å². The highest BCUT2D eigenvalue weighted by atomic mass is 16.2. The van der Waals surface area contributed by atoms with Gasteiger partial charge >= 0.3 is 0 Å². The second kappa shape index (κ2) is 10.7. The number of rotatable bonds is 5. The monoisotopic (exact) mass is 353 g/mol. The van der Waals surface area contributed by atoms with Crippen molar-refractivity contribution < 1.29 is 4.79 Å². The molecule has 0 spiro atoms. The van der Waals surface area contributed by atoms with Crippen LogP contribution in [0.1, 0.15) is 25.0 Å². The van der Waals surface area contributed by atoms with Crippen molar-refractivity contribution in [2.24, 2.45) is 5.73 Å². The van der Waals surface area contributed by atoms with E-state index in [9.17, 15) is 4.79 Å². The second-order valence-corrected chi connectivity index (χ2v) is 6.38. The summed E-state index contributed by atoms with van der Waals surface area (Å²) in [5.74, 6) is 0.0678. The molecule has 1 aliphatic heterocycles. The van der Waals surface area contributed by atoms with Crippen molar-refractivity contribution in [3.8, 4) is 0 Å². The number of piperazine rings is 1. The van der Waals surface area contributed by atoms with E-state index in [1.807, 2.05) is 55.1 Å². The van der Waals surface area contributed by atoms with Crippen LogP contribution in [0.5, 0.6) is 0 Å². The van der Waals surface area contributed by atoms with E-state index in [1.165, 1.54) is 5.56 Å². The van der Waals surface area contributed by atoms with Gasteiger partial charge in [0.05, 0.1) is 6.04 Å². The molecule has 4 heteroatoms. The number of nitrogens with two attached hydrogens (primary N) is 1. The Bertz CT molecular complexity index is 637.